The quantitative estimate of drug-likeness (QED) is 0.806. The molecule has 20 heavy (non-hydrogen) atoms. The Morgan fingerprint density at radius 3 is 2.70 bits per heavy atom. The molecule has 0 N–H and O–H groups in total. The fraction of sp³-hybridized carbons (Fsp3) is 0.400. The molecule has 0 aliphatic carbocycles. The van der Waals surface area contributed by atoms with E-state index in [1.807, 2.05) is 6.92 Å². The van der Waals surface area contributed by atoms with Crippen LogP contribution in [0.4, 0.5) is 0 Å². The van der Waals surface area contributed by atoms with Crippen LogP contribution in [0.2, 0.25) is 0 Å². The Morgan fingerprint density at radius 2 is 2.10 bits per heavy atom. The van der Waals surface area contributed by atoms with Crippen LogP contribution in [0.1, 0.15) is 36.8 Å². The van der Waals surface area contributed by atoms with E-state index in [2.05, 4.69) is 4.98 Å². The van der Waals surface area contributed by atoms with E-state index in [1.54, 1.807) is 43.5 Å². The fourth-order valence-electron chi connectivity index (χ4n) is 2.10. The van der Waals surface area contributed by atoms with Crippen molar-refractivity contribution in [2.45, 2.75) is 40.3 Å². The first-order chi connectivity index (χ1) is 9.43. The molecule has 5 heteroatoms. The van der Waals surface area contributed by atoms with Crippen molar-refractivity contribution in [1.29, 1.82) is 0 Å². The first kappa shape index (κ1) is 14.2. The van der Waals surface area contributed by atoms with Crippen molar-refractivity contribution in [2.24, 2.45) is 0 Å². The van der Waals surface area contributed by atoms with Crippen LogP contribution in [0.25, 0.3) is 11.0 Å². The van der Waals surface area contributed by atoms with E-state index in [0.29, 0.717) is 23.3 Å². The molecule has 1 heterocycles. The molecule has 2 rings (SSSR count). The van der Waals surface area contributed by atoms with Gasteiger partial charge in [0.2, 0.25) is 0 Å². The van der Waals surface area contributed by atoms with Gasteiger partial charge in [0, 0.05) is 6.54 Å². The van der Waals surface area contributed by atoms with Gasteiger partial charge < -0.3 is 9.30 Å². The predicted octanol–water partition coefficient (Wildman–Crippen LogP) is 2.29. The molecule has 0 aliphatic heterocycles. The summed E-state index contributed by atoms with van der Waals surface area (Å²) >= 11 is 0. The molecule has 0 amide bonds. The van der Waals surface area contributed by atoms with Crippen LogP contribution < -0.4 is 5.56 Å². The zero-order valence-electron chi connectivity index (χ0n) is 12.1. The first-order valence-corrected chi connectivity index (χ1v) is 6.66. The Morgan fingerprint density at radius 1 is 1.40 bits per heavy atom. The summed E-state index contributed by atoms with van der Waals surface area (Å²) in [6.45, 7) is 7.74. The van der Waals surface area contributed by atoms with Crippen LogP contribution >= 0.6 is 0 Å². The van der Waals surface area contributed by atoms with E-state index in [9.17, 15) is 9.59 Å². The maximum Gasteiger partial charge on any atom is 0.338 e. The molecule has 0 saturated carbocycles. The highest BCUT2D eigenvalue weighted by molar-refractivity contribution is 5.93. The summed E-state index contributed by atoms with van der Waals surface area (Å²) in [5.74, 6) is -0.379. The van der Waals surface area contributed by atoms with Gasteiger partial charge in [0.05, 0.1) is 22.7 Å². The Hall–Kier alpha value is -2.17. The lowest BCUT2D eigenvalue weighted by atomic mass is 10.2. The number of hydrogen-bond acceptors (Lipinski definition) is 4. The Kier molecular flexibility index (Phi) is 3.88. The Labute approximate surface area is 117 Å². The third-order valence-electron chi connectivity index (χ3n) is 3.00. The molecule has 0 saturated heterocycles. The highest BCUT2D eigenvalue weighted by Gasteiger charge is 2.12. The molecular weight excluding hydrogens is 256 g/mol. The summed E-state index contributed by atoms with van der Waals surface area (Å²) in [7, 11) is 0. The van der Waals surface area contributed by atoms with Crippen molar-refractivity contribution in [3.63, 3.8) is 0 Å². The monoisotopic (exact) mass is 274 g/mol. The lowest BCUT2D eigenvalue weighted by molar-refractivity contribution is 0.0378. The molecule has 0 fully saturated rings. The molecule has 106 valence electrons. The minimum absolute atomic E-state index is 0.0995. The topological polar surface area (TPSA) is 61.2 Å². The average Bonchev–Trinajstić information content (AvgIpc) is 2.39. The molecule has 1 aromatic heterocycles. The second kappa shape index (κ2) is 5.45. The second-order valence-corrected chi connectivity index (χ2v) is 4.90. The molecule has 2 aromatic rings. The minimum Gasteiger partial charge on any atom is -0.459 e. The summed E-state index contributed by atoms with van der Waals surface area (Å²) < 4.78 is 6.81. The van der Waals surface area contributed by atoms with Gasteiger partial charge in [-0.25, -0.2) is 9.78 Å². The molecule has 0 atom stereocenters. The summed E-state index contributed by atoms with van der Waals surface area (Å²) in [6.07, 6.45) is -0.169. The van der Waals surface area contributed by atoms with Gasteiger partial charge in [-0.2, -0.15) is 0 Å². The maximum atomic E-state index is 12.0. The number of benzene rings is 1. The van der Waals surface area contributed by atoms with Gasteiger partial charge in [-0.1, -0.05) is 0 Å². The summed E-state index contributed by atoms with van der Waals surface area (Å²) in [6, 6.07) is 5.07. The molecule has 0 spiro atoms. The molecule has 0 aliphatic rings. The fourth-order valence-corrected chi connectivity index (χ4v) is 2.10. The van der Waals surface area contributed by atoms with Gasteiger partial charge in [0.1, 0.15) is 5.69 Å². The van der Waals surface area contributed by atoms with Gasteiger partial charge in [0.25, 0.3) is 5.56 Å². The van der Waals surface area contributed by atoms with Crippen molar-refractivity contribution in [1.82, 2.24) is 9.55 Å². The van der Waals surface area contributed by atoms with Crippen LogP contribution in [-0.2, 0) is 11.3 Å². The zero-order chi connectivity index (χ0) is 14.9. The van der Waals surface area contributed by atoms with Gasteiger partial charge >= 0.3 is 5.97 Å². The minimum atomic E-state index is -0.379. The smallest absolute Gasteiger partial charge is 0.338 e. The third-order valence-corrected chi connectivity index (χ3v) is 3.00. The predicted molar refractivity (Wildman–Crippen MR) is 77.0 cm³/mol. The molecule has 0 bridgehead atoms. The Bertz CT molecular complexity index is 717. The molecule has 0 unspecified atom stereocenters. The van der Waals surface area contributed by atoms with Crippen molar-refractivity contribution in [2.75, 3.05) is 0 Å². The number of rotatable bonds is 3. The number of nitrogens with zero attached hydrogens (tertiary/aromatic N) is 2. The first-order valence-electron chi connectivity index (χ1n) is 6.66. The number of hydrogen-bond donors (Lipinski definition) is 0. The number of esters is 1. The van der Waals surface area contributed by atoms with Crippen molar-refractivity contribution in [3.05, 3.63) is 39.8 Å². The molecule has 0 radical (unpaired) electrons. The van der Waals surface area contributed by atoms with E-state index in [1.165, 1.54) is 0 Å². The lowest BCUT2D eigenvalue weighted by Crippen LogP contribution is -2.23. The van der Waals surface area contributed by atoms with Gasteiger partial charge in [-0.15, -0.1) is 0 Å². The Balaban J connectivity index is 2.58. The van der Waals surface area contributed by atoms with Crippen LogP contribution in [0.5, 0.6) is 0 Å². The van der Waals surface area contributed by atoms with E-state index in [0.717, 1.165) is 5.52 Å². The number of aromatic nitrogens is 2. The highest BCUT2D eigenvalue weighted by Crippen LogP contribution is 2.14. The third kappa shape index (κ3) is 2.57. The zero-order valence-corrected chi connectivity index (χ0v) is 12.1. The summed E-state index contributed by atoms with van der Waals surface area (Å²) in [5, 5.41) is 0. The maximum absolute atomic E-state index is 12.0. The number of carbonyl (C=O) groups excluding carboxylic acids is 1. The standard InChI is InChI=1S/C15H18N2O3/c1-5-17-13-7-6-11(15(19)20-9(2)3)8-12(13)16-10(4)14(17)18/h6-9H,5H2,1-4H3. The van der Waals surface area contributed by atoms with Crippen LogP contribution in [0, 0.1) is 6.92 Å². The lowest BCUT2D eigenvalue weighted by Gasteiger charge is -2.11. The number of aryl methyl sites for hydroxylation is 2. The van der Waals surface area contributed by atoms with Crippen LogP contribution in [0.15, 0.2) is 23.0 Å². The van der Waals surface area contributed by atoms with E-state index >= 15 is 0 Å². The van der Waals surface area contributed by atoms with E-state index in [4.69, 9.17) is 4.74 Å². The second-order valence-electron chi connectivity index (χ2n) is 4.90. The highest BCUT2D eigenvalue weighted by atomic mass is 16.5. The van der Waals surface area contributed by atoms with E-state index in [-0.39, 0.29) is 17.6 Å². The molecule has 1 aromatic carbocycles. The van der Waals surface area contributed by atoms with Crippen LogP contribution in [0.3, 0.4) is 0 Å². The normalized spacial score (nSPS) is 11.1. The molecular formula is C15H18N2O3. The summed E-state index contributed by atoms with van der Waals surface area (Å²) in [4.78, 5) is 28.1. The van der Waals surface area contributed by atoms with Crippen molar-refractivity contribution < 1.29 is 9.53 Å². The van der Waals surface area contributed by atoms with Crippen LogP contribution in [-0.4, -0.2) is 21.6 Å². The molecule has 5 nitrogen and oxygen atoms in total. The SMILES string of the molecule is CCn1c(=O)c(C)nc2cc(C(=O)OC(C)C)ccc21. The average molecular weight is 274 g/mol. The van der Waals surface area contributed by atoms with Gasteiger partial charge in [0.15, 0.2) is 0 Å². The summed E-state index contributed by atoms with van der Waals surface area (Å²) in [5.41, 5.74) is 2.12. The van der Waals surface area contributed by atoms with Crippen molar-refractivity contribution in [3.8, 4) is 0 Å². The number of ether oxygens (including phenoxy) is 1. The van der Waals surface area contributed by atoms with Crippen molar-refractivity contribution >= 4 is 17.0 Å². The number of fused-ring (bicyclic) bond motifs is 1. The van der Waals surface area contributed by atoms with Gasteiger partial charge in [-0.3, -0.25) is 4.79 Å². The van der Waals surface area contributed by atoms with Gasteiger partial charge in [-0.05, 0) is 45.9 Å². The number of carbonyl (C=O) groups is 1. The largest absolute Gasteiger partial charge is 0.459 e. The van der Waals surface area contributed by atoms with E-state index < -0.39 is 0 Å².